The predicted molar refractivity (Wildman–Crippen MR) is 95.6 cm³/mol. The molecule has 0 saturated heterocycles. The Morgan fingerprint density at radius 2 is 1.84 bits per heavy atom. The topological polar surface area (TPSA) is 78.3 Å². The Kier molecular flexibility index (Phi) is 4.05. The van der Waals surface area contributed by atoms with Gasteiger partial charge < -0.3 is 10.5 Å². The van der Waals surface area contributed by atoms with Crippen LogP contribution in [-0.4, -0.2) is 19.8 Å². The zero-order chi connectivity index (χ0) is 17.2. The van der Waals surface area contributed by atoms with Crippen molar-refractivity contribution in [2.24, 2.45) is 5.73 Å². The second-order valence-electron chi connectivity index (χ2n) is 5.41. The first kappa shape index (κ1) is 15.6. The van der Waals surface area contributed by atoms with E-state index in [1.165, 1.54) is 4.52 Å². The smallest absolute Gasteiger partial charge is 0.246 e. The number of nitrogens with zero attached hydrogens (tertiary/aromatic N) is 4. The summed E-state index contributed by atoms with van der Waals surface area (Å²) >= 11 is 5.97. The normalized spacial score (nSPS) is 11.0. The third-order valence-electron chi connectivity index (χ3n) is 3.78. The average molecular weight is 352 g/mol. The highest BCUT2D eigenvalue weighted by Gasteiger charge is 2.11. The van der Waals surface area contributed by atoms with Crippen LogP contribution < -0.4 is 10.5 Å². The molecule has 6 nitrogen and oxygen atoms in total. The van der Waals surface area contributed by atoms with Gasteiger partial charge in [0.2, 0.25) is 11.2 Å². The van der Waals surface area contributed by atoms with E-state index in [1.54, 1.807) is 12.1 Å². The maximum absolute atomic E-state index is 6.01. The van der Waals surface area contributed by atoms with E-state index in [-0.39, 0.29) is 5.28 Å². The molecule has 124 valence electrons. The molecule has 0 atom stereocenters. The second kappa shape index (κ2) is 6.51. The Balaban J connectivity index is 1.77. The summed E-state index contributed by atoms with van der Waals surface area (Å²) in [5, 5.41) is 12.2. The Hall–Kier alpha value is -2.96. The molecule has 4 rings (SSSR count). The standard InChI is InChI=1S/C18H14ClN5O/c19-18-22-21-16-8-9-17(23-24(16)18)25-15-7-6-12(11-20)10-14(15)13-4-2-1-3-5-13/h1-10H,11,20H2. The van der Waals surface area contributed by atoms with Gasteiger partial charge in [-0.15, -0.1) is 15.3 Å². The average Bonchev–Trinajstić information content (AvgIpc) is 3.03. The molecule has 0 spiro atoms. The molecule has 0 saturated carbocycles. The molecule has 2 N–H and O–H groups in total. The van der Waals surface area contributed by atoms with Crippen molar-refractivity contribution in [2.75, 3.05) is 0 Å². The lowest BCUT2D eigenvalue weighted by Gasteiger charge is -2.12. The lowest BCUT2D eigenvalue weighted by atomic mass is 10.0. The van der Waals surface area contributed by atoms with E-state index >= 15 is 0 Å². The van der Waals surface area contributed by atoms with Crippen LogP contribution in [0.3, 0.4) is 0 Å². The summed E-state index contributed by atoms with van der Waals surface area (Å²) < 4.78 is 7.43. The van der Waals surface area contributed by atoms with E-state index in [2.05, 4.69) is 15.3 Å². The second-order valence-corrected chi connectivity index (χ2v) is 5.75. The molecule has 2 aromatic carbocycles. The van der Waals surface area contributed by atoms with Crippen molar-refractivity contribution < 1.29 is 4.74 Å². The van der Waals surface area contributed by atoms with Gasteiger partial charge in [-0.3, -0.25) is 0 Å². The van der Waals surface area contributed by atoms with Crippen LogP contribution in [0, 0.1) is 0 Å². The number of aromatic nitrogens is 4. The van der Waals surface area contributed by atoms with Gasteiger partial charge in [0, 0.05) is 18.2 Å². The Labute approximate surface area is 148 Å². The highest BCUT2D eigenvalue weighted by atomic mass is 35.5. The van der Waals surface area contributed by atoms with Crippen molar-refractivity contribution in [3.8, 4) is 22.8 Å². The molecule has 0 radical (unpaired) electrons. The van der Waals surface area contributed by atoms with E-state index in [1.807, 2.05) is 48.5 Å². The Bertz CT molecular complexity index is 1030. The number of hydrogen-bond acceptors (Lipinski definition) is 5. The van der Waals surface area contributed by atoms with Crippen LogP contribution in [0.4, 0.5) is 0 Å². The van der Waals surface area contributed by atoms with Crippen molar-refractivity contribution in [2.45, 2.75) is 6.54 Å². The van der Waals surface area contributed by atoms with Gasteiger partial charge in [-0.1, -0.05) is 36.4 Å². The zero-order valence-electron chi connectivity index (χ0n) is 13.1. The molecule has 0 fully saturated rings. The lowest BCUT2D eigenvalue weighted by molar-refractivity contribution is 0.454. The number of fused-ring (bicyclic) bond motifs is 1. The molecular weight excluding hydrogens is 338 g/mol. The van der Waals surface area contributed by atoms with Crippen LogP contribution in [0.2, 0.25) is 5.28 Å². The van der Waals surface area contributed by atoms with Gasteiger partial charge in [-0.2, -0.15) is 4.52 Å². The summed E-state index contributed by atoms with van der Waals surface area (Å²) in [6.07, 6.45) is 0. The molecule has 7 heteroatoms. The van der Waals surface area contributed by atoms with Crippen LogP contribution in [0.5, 0.6) is 11.6 Å². The number of nitrogens with two attached hydrogens (primary N) is 1. The fourth-order valence-corrected chi connectivity index (χ4v) is 2.71. The van der Waals surface area contributed by atoms with Gasteiger partial charge in [0.15, 0.2) is 5.65 Å². The first-order valence-corrected chi connectivity index (χ1v) is 8.06. The summed E-state index contributed by atoms with van der Waals surface area (Å²) in [6.45, 7) is 0.459. The summed E-state index contributed by atoms with van der Waals surface area (Å²) in [4.78, 5) is 0. The molecule has 0 aliphatic rings. The fourth-order valence-electron chi connectivity index (χ4n) is 2.55. The van der Waals surface area contributed by atoms with Gasteiger partial charge in [-0.05, 0) is 40.9 Å². The first-order valence-electron chi connectivity index (χ1n) is 7.69. The molecule has 0 aliphatic carbocycles. The van der Waals surface area contributed by atoms with Gasteiger partial charge in [0.25, 0.3) is 0 Å². The van der Waals surface area contributed by atoms with Crippen LogP contribution in [0.15, 0.2) is 60.7 Å². The van der Waals surface area contributed by atoms with Crippen molar-refractivity contribution in [3.05, 3.63) is 71.5 Å². The molecule has 4 aromatic rings. The molecular formula is C18H14ClN5O. The number of hydrogen-bond donors (Lipinski definition) is 1. The molecule has 2 aromatic heterocycles. The Morgan fingerprint density at radius 3 is 2.64 bits per heavy atom. The van der Waals surface area contributed by atoms with Crippen LogP contribution in [0.25, 0.3) is 16.8 Å². The Morgan fingerprint density at radius 1 is 1.00 bits per heavy atom. The van der Waals surface area contributed by atoms with Crippen molar-refractivity contribution in [1.29, 1.82) is 0 Å². The minimum absolute atomic E-state index is 0.183. The third-order valence-corrected chi connectivity index (χ3v) is 4.01. The summed E-state index contributed by atoms with van der Waals surface area (Å²) in [5.74, 6) is 1.08. The summed E-state index contributed by atoms with van der Waals surface area (Å²) in [5.41, 5.74) is 9.34. The quantitative estimate of drug-likeness (QED) is 0.606. The summed E-state index contributed by atoms with van der Waals surface area (Å²) in [6, 6.07) is 19.3. The van der Waals surface area contributed by atoms with Crippen molar-refractivity contribution in [3.63, 3.8) is 0 Å². The maximum Gasteiger partial charge on any atom is 0.246 e. The SMILES string of the molecule is NCc1ccc(Oc2ccc3nnc(Cl)n3n2)c(-c2ccccc2)c1. The summed E-state index contributed by atoms with van der Waals surface area (Å²) in [7, 11) is 0. The van der Waals surface area contributed by atoms with Crippen LogP contribution >= 0.6 is 11.6 Å². The van der Waals surface area contributed by atoms with Crippen molar-refractivity contribution in [1.82, 2.24) is 19.8 Å². The van der Waals surface area contributed by atoms with Crippen LogP contribution in [-0.2, 0) is 6.54 Å². The highest BCUT2D eigenvalue weighted by molar-refractivity contribution is 6.28. The number of rotatable bonds is 4. The maximum atomic E-state index is 6.01. The lowest BCUT2D eigenvalue weighted by Crippen LogP contribution is -1.99. The number of ether oxygens (including phenoxy) is 1. The fraction of sp³-hybridized carbons (Fsp3) is 0.0556. The monoisotopic (exact) mass is 351 g/mol. The molecule has 0 bridgehead atoms. The van der Waals surface area contributed by atoms with E-state index in [0.717, 1.165) is 16.7 Å². The largest absolute Gasteiger partial charge is 0.437 e. The van der Waals surface area contributed by atoms with Crippen molar-refractivity contribution >= 4 is 17.2 Å². The predicted octanol–water partition coefficient (Wildman–Crippen LogP) is 3.70. The van der Waals surface area contributed by atoms with Gasteiger partial charge in [0.1, 0.15) is 5.75 Å². The van der Waals surface area contributed by atoms with E-state index in [4.69, 9.17) is 22.1 Å². The molecule has 0 aliphatic heterocycles. The number of halogens is 1. The van der Waals surface area contributed by atoms with E-state index in [0.29, 0.717) is 23.8 Å². The molecule has 0 amide bonds. The van der Waals surface area contributed by atoms with E-state index < -0.39 is 0 Å². The highest BCUT2D eigenvalue weighted by Crippen LogP contribution is 2.33. The minimum atomic E-state index is 0.183. The third kappa shape index (κ3) is 3.05. The van der Waals surface area contributed by atoms with Gasteiger partial charge >= 0.3 is 0 Å². The molecule has 0 unspecified atom stereocenters. The minimum Gasteiger partial charge on any atom is -0.437 e. The van der Waals surface area contributed by atoms with Gasteiger partial charge in [0.05, 0.1) is 0 Å². The molecule has 25 heavy (non-hydrogen) atoms. The van der Waals surface area contributed by atoms with Crippen LogP contribution in [0.1, 0.15) is 5.56 Å². The van der Waals surface area contributed by atoms with E-state index in [9.17, 15) is 0 Å². The number of benzene rings is 2. The first-order chi connectivity index (χ1) is 12.2. The molecule has 2 heterocycles. The van der Waals surface area contributed by atoms with Gasteiger partial charge in [-0.25, -0.2) is 0 Å². The zero-order valence-corrected chi connectivity index (χ0v) is 13.9.